The van der Waals surface area contributed by atoms with Crippen molar-refractivity contribution in [2.75, 3.05) is 18.6 Å². The summed E-state index contributed by atoms with van der Waals surface area (Å²) in [6.45, 7) is 6.22. The Balaban J connectivity index is 2.36. The van der Waals surface area contributed by atoms with Crippen LogP contribution in [-0.4, -0.2) is 25.5 Å². The van der Waals surface area contributed by atoms with E-state index in [-0.39, 0.29) is 11.8 Å². The Labute approximate surface area is 110 Å². The number of anilines is 1. The van der Waals surface area contributed by atoms with Crippen LogP contribution < -0.4 is 4.90 Å². The SMILES string of the molecule is C=CC1CC(=O)N(c2sc(C)cc2C(=O)OC)C1. The van der Waals surface area contributed by atoms with Gasteiger partial charge in [0, 0.05) is 23.8 Å². The molecule has 2 heterocycles. The molecule has 96 valence electrons. The smallest absolute Gasteiger partial charge is 0.340 e. The van der Waals surface area contributed by atoms with Crippen molar-refractivity contribution in [1.82, 2.24) is 0 Å². The second-order valence-electron chi connectivity index (χ2n) is 4.27. The van der Waals surface area contributed by atoms with Gasteiger partial charge in [-0.25, -0.2) is 4.79 Å². The van der Waals surface area contributed by atoms with Crippen molar-refractivity contribution >= 4 is 28.2 Å². The summed E-state index contributed by atoms with van der Waals surface area (Å²) < 4.78 is 4.75. The molecule has 1 unspecified atom stereocenters. The van der Waals surface area contributed by atoms with Crippen LogP contribution in [0.25, 0.3) is 0 Å². The third kappa shape index (κ3) is 2.18. The van der Waals surface area contributed by atoms with Crippen LogP contribution >= 0.6 is 11.3 Å². The lowest BCUT2D eigenvalue weighted by atomic mass is 10.1. The van der Waals surface area contributed by atoms with Gasteiger partial charge in [-0.3, -0.25) is 4.79 Å². The van der Waals surface area contributed by atoms with Gasteiger partial charge in [0.25, 0.3) is 0 Å². The Morgan fingerprint density at radius 2 is 2.39 bits per heavy atom. The van der Waals surface area contributed by atoms with Crippen LogP contribution in [0.4, 0.5) is 5.00 Å². The van der Waals surface area contributed by atoms with Crippen LogP contribution in [0.1, 0.15) is 21.7 Å². The molecule has 0 aromatic carbocycles. The minimum Gasteiger partial charge on any atom is -0.465 e. The van der Waals surface area contributed by atoms with Gasteiger partial charge in [0.1, 0.15) is 5.00 Å². The molecule has 1 aromatic rings. The molecule has 1 aliphatic heterocycles. The van der Waals surface area contributed by atoms with E-state index in [2.05, 4.69) is 6.58 Å². The Kier molecular flexibility index (Phi) is 3.52. The van der Waals surface area contributed by atoms with Crippen LogP contribution in [0, 0.1) is 12.8 Å². The normalized spacial score (nSPS) is 19.1. The maximum Gasteiger partial charge on any atom is 0.340 e. The van der Waals surface area contributed by atoms with E-state index in [4.69, 9.17) is 4.74 Å². The monoisotopic (exact) mass is 265 g/mol. The van der Waals surface area contributed by atoms with Crippen LogP contribution in [0.2, 0.25) is 0 Å². The third-order valence-corrected chi connectivity index (χ3v) is 4.05. The van der Waals surface area contributed by atoms with Gasteiger partial charge in [0.2, 0.25) is 5.91 Å². The standard InChI is InChI=1S/C13H15NO3S/c1-4-9-6-11(15)14(7-9)12-10(13(16)17-3)5-8(2)18-12/h4-5,9H,1,6-7H2,2-3H3. The number of methoxy groups -OCH3 is 1. The summed E-state index contributed by atoms with van der Waals surface area (Å²) in [5, 5.41) is 0.689. The maximum atomic E-state index is 11.9. The molecule has 0 N–H and O–H groups in total. The summed E-state index contributed by atoms with van der Waals surface area (Å²) in [4.78, 5) is 26.3. The number of thiophene rings is 1. The zero-order valence-corrected chi connectivity index (χ0v) is 11.3. The Morgan fingerprint density at radius 3 is 2.94 bits per heavy atom. The van der Waals surface area contributed by atoms with Gasteiger partial charge in [0.15, 0.2) is 0 Å². The maximum absolute atomic E-state index is 11.9. The highest BCUT2D eigenvalue weighted by atomic mass is 32.1. The molecule has 0 spiro atoms. The molecule has 0 saturated carbocycles. The third-order valence-electron chi connectivity index (χ3n) is 2.97. The number of aryl methyl sites for hydroxylation is 1. The minimum absolute atomic E-state index is 0.0342. The zero-order valence-electron chi connectivity index (χ0n) is 10.4. The number of nitrogens with zero attached hydrogens (tertiary/aromatic N) is 1. The van der Waals surface area contributed by atoms with E-state index < -0.39 is 5.97 Å². The number of carbonyl (C=O) groups is 2. The first kappa shape index (κ1) is 12.8. The van der Waals surface area contributed by atoms with Crippen molar-refractivity contribution in [3.05, 3.63) is 29.2 Å². The van der Waals surface area contributed by atoms with Gasteiger partial charge >= 0.3 is 5.97 Å². The number of esters is 1. The average molecular weight is 265 g/mol. The van der Waals surface area contributed by atoms with Crippen LogP contribution in [0.5, 0.6) is 0 Å². The highest BCUT2D eigenvalue weighted by molar-refractivity contribution is 7.16. The Hall–Kier alpha value is -1.62. The summed E-state index contributed by atoms with van der Waals surface area (Å²) in [6, 6.07) is 1.76. The molecule has 18 heavy (non-hydrogen) atoms. The Morgan fingerprint density at radius 1 is 1.67 bits per heavy atom. The lowest BCUT2D eigenvalue weighted by Crippen LogP contribution is -2.25. The van der Waals surface area contributed by atoms with Gasteiger partial charge in [-0.05, 0) is 13.0 Å². The lowest BCUT2D eigenvalue weighted by molar-refractivity contribution is -0.117. The quantitative estimate of drug-likeness (QED) is 0.622. The largest absolute Gasteiger partial charge is 0.465 e. The van der Waals surface area contributed by atoms with E-state index >= 15 is 0 Å². The van der Waals surface area contributed by atoms with Crippen molar-refractivity contribution in [2.45, 2.75) is 13.3 Å². The number of carbonyl (C=O) groups excluding carboxylic acids is 2. The molecule has 1 aliphatic rings. The van der Waals surface area contributed by atoms with Gasteiger partial charge in [-0.1, -0.05) is 6.08 Å². The molecule has 1 aromatic heterocycles. The van der Waals surface area contributed by atoms with Crippen molar-refractivity contribution in [3.8, 4) is 0 Å². The molecule has 4 nitrogen and oxygen atoms in total. The molecule has 1 saturated heterocycles. The molecule has 1 atom stereocenters. The zero-order chi connectivity index (χ0) is 13.3. The summed E-state index contributed by atoms with van der Waals surface area (Å²) in [6.07, 6.45) is 2.25. The second kappa shape index (κ2) is 4.94. The highest BCUT2D eigenvalue weighted by Gasteiger charge is 2.32. The fourth-order valence-electron chi connectivity index (χ4n) is 2.05. The summed E-state index contributed by atoms with van der Waals surface area (Å²) in [5.74, 6) is -0.207. The summed E-state index contributed by atoms with van der Waals surface area (Å²) >= 11 is 1.44. The van der Waals surface area contributed by atoms with E-state index in [1.165, 1.54) is 18.4 Å². The molecule has 0 bridgehead atoms. The fraction of sp³-hybridized carbons (Fsp3) is 0.385. The molecule has 2 rings (SSSR count). The van der Waals surface area contributed by atoms with Crippen LogP contribution in [0.15, 0.2) is 18.7 Å². The van der Waals surface area contributed by atoms with Gasteiger partial charge in [0.05, 0.1) is 12.7 Å². The first-order valence-electron chi connectivity index (χ1n) is 5.68. The van der Waals surface area contributed by atoms with Crippen LogP contribution in [0.3, 0.4) is 0 Å². The van der Waals surface area contributed by atoms with E-state index in [0.717, 1.165) is 4.88 Å². The van der Waals surface area contributed by atoms with E-state index in [9.17, 15) is 9.59 Å². The topological polar surface area (TPSA) is 46.6 Å². The van der Waals surface area contributed by atoms with Crippen LogP contribution in [-0.2, 0) is 9.53 Å². The van der Waals surface area contributed by atoms with Gasteiger partial charge in [-0.15, -0.1) is 17.9 Å². The average Bonchev–Trinajstić information content (AvgIpc) is 2.91. The van der Waals surface area contributed by atoms with Crippen molar-refractivity contribution in [1.29, 1.82) is 0 Å². The van der Waals surface area contributed by atoms with Crippen molar-refractivity contribution < 1.29 is 14.3 Å². The second-order valence-corrected chi connectivity index (χ2v) is 5.51. The number of hydrogen-bond donors (Lipinski definition) is 0. The molecule has 1 fully saturated rings. The number of hydrogen-bond acceptors (Lipinski definition) is 4. The van der Waals surface area contributed by atoms with E-state index in [1.54, 1.807) is 17.0 Å². The van der Waals surface area contributed by atoms with Gasteiger partial charge in [-0.2, -0.15) is 0 Å². The first-order chi connectivity index (χ1) is 8.56. The number of amides is 1. The van der Waals surface area contributed by atoms with Gasteiger partial charge < -0.3 is 9.64 Å². The molecule has 5 heteroatoms. The predicted octanol–water partition coefficient (Wildman–Crippen LogP) is 2.38. The Bertz CT molecular complexity index is 506. The molecular weight excluding hydrogens is 250 g/mol. The molecular formula is C13H15NO3S. The number of rotatable bonds is 3. The van der Waals surface area contributed by atoms with Crippen molar-refractivity contribution in [2.24, 2.45) is 5.92 Å². The molecule has 0 radical (unpaired) electrons. The number of ether oxygens (including phenoxy) is 1. The van der Waals surface area contributed by atoms with E-state index in [0.29, 0.717) is 23.5 Å². The lowest BCUT2D eigenvalue weighted by Gasteiger charge is -2.15. The first-order valence-corrected chi connectivity index (χ1v) is 6.50. The predicted molar refractivity (Wildman–Crippen MR) is 71.1 cm³/mol. The molecule has 1 amide bonds. The molecule has 0 aliphatic carbocycles. The summed E-state index contributed by atoms with van der Waals surface area (Å²) in [5.41, 5.74) is 0.470. The van der Waals surface area contributed by atoms with E-state index in [1.807, 2.05) is 6.92 Å². The van der Waals surface area contributed by atoms with Crippen molar-refractivity contribution in [3.63, 3.8) is 0 Å². The summed E-state index contributed by atoms with van der Waals surface area (Å²) in [7, 11) is 1.34. The highest BCUT2D eigenvalue weighted by Crippen LogP contribution is 2.35. The minimum atomic E-state index is -0.399. The fourth-order valence-corrected chi connectivity index (χ4v) is 3.07.